The van der Waals surface area contributed by atoms with Crippen molar-refractivity contribution >= 4 is 27.5 Å². The van der Waals surface area contributed by atoms with Gasteiger partial charge in [-0.25, -0.2) is 8.42 Å². The molecule has 3 aliphatic rings. The zero-order valence-corrected chi connectivity index (χ0v) is 22.4. The summed E-state index contributed by atoms with van der Waals surface area (Å²) in [6.07, 6.45) is 1.90. The molecule has 0 aromatic heterocycles. The Labute approximate surface area is 218 Å². The molecule has 1 aromatic rings. The molecule has 2 amide bonds. The molecule has 37 heavy (non-hydrogen) atoms. The lowest BCUT2D eigenvalue weighted by Crippen LogP contribution is -2.54. The quantitative estimate of drug-likeness (QED) is 0.447. The number of likely N-dealkylation sites (N-methyl/N-ethyl adjacent to an activating group) is 1. The molecule has 12 heteroatoms. The smallest absolute Gasteiger partial charge is 0.257 e. The Morgan fingerprint density at radius 1 is 1.19 bits per heavy atom. The van der Waals surface area contributed by atoms with E-state index in [1.807, 2.05) is 0 Å². The van der Waals surface area contributed by atoms with Gasteiger partial charge in [-0.1, -0.05) is 0 Å². The number of nitrogens with zero attached hydrogens (tertiary/aromatic N) is 2. The summed E-state index contributed by atoms with van der Waals surface area (Å²) in [5.74, 6) is 0.0122. The number of benzene rings is 1. The maximum atomic E-state index is 13.3. The Hall–Kier alpha value is -2.41. The molecule has 0 spiro atoms. The second-order valence-corrected chi connectivity index (χ2v) is 11.8. The number of sulfonamides is 1. The van der Waals surface area contributed by atoms with Crippen molar-refractivity contribution < 1.29 is 32.2 Å². The van der Waals surface area contributed by atoms with Crippen LogP contribution in [-0.4, -0.2) is 107 Å². The van der Waals surface area contributed by atoms with Crippen molar-refractivity contribution in [3.05, 3.63) is 23.8 Å². The van der Waals surface area contributed by atoms with Crippen molar-refractivity contribution in [2.24, 2.45) is 0 Å². The van der Waals surface area contributed by atoms with Gasteiger partial charge in [-0.2, -0.15) is 0 Å². The number of anilines is 1. The van der Waals surface area contributed by atoms with Crippen LogP contribution in [0.5, 0.6) is 5.75 Å². The first-order valence-corrected chi connectivity index (χ1v) is 14.7. The predicted octanol–water partition coefficient (Wildman–Crippen LogP) is 1.06. The molecule has 4 rings (SSSR count). The fraction of sp³-hybridized carbons (Fsp3) is 0.680. The number of carbonyl (C=O) groups is 2. The average molecular weight is 539 g/mol. The van der Waals surface area contributed by atoms with Crippen LogP contribution >= 0.6 is 0 Å². The molecule has 1 aromatic carbocycles. The lowest BCUT2D eigenvalue weighted by molar-refractivity contribution is -0.134. The number of morpholine rings is 1. The summed E-state index contributed by atoms with van der Waals surface area (Å²) >= 11 is 0. The van der Waals surface area contributed by atoms with Gasteiger partial charge in [0, 0.05) is 32.4 Å². The molecule has 0 bridgehead atoms. The van der Waals surface area contributed by atoms with Crippen LogP contribution < -0.4 is 14.8 Å². The van der Waals surface area contributed by atoms with E-state index in [0.717, 1.165) is 39.3 Å². The first-order chi connectivity index (χ1) is 17.8. The first kappa shape index (κ1) is 27.6. The van der Waals surface area contributed by atoms with Crippen molar-refractivity contribution in [3.63, 3.8) is 0 Å². The zero-order chi connectivity index (χ0) is 26.4. The molecule has 3 aliphatic heterocycles. The highest BCUT2D eigenvalue weighted by molar-refractivity contribution is 7.92. The van der Waals surface area contributed by atoms with Gasteiger partial charge in [-0.15, -0.1) is 0 Å². The van der Waals surface area contributed by atoms with E-state index in [9.17, 15) is 18.0 Å². The van der Waals surface area contributed by atoms with E-state index in [4.69, 9.17) is 14.2 Å². The summed E-state index contributed by atoms with van der Waals surface area (Å²) in [6, 6.07) is 4.48. The molecule has 2 fully saturated rings. The summed E-state index contributed by atoms with van der Waals surface area (Å²) in [5, 5.41) is 3.00. The normalized spacial score (nSPS) is 24.8. The van der Waals surface area contributed by atoms with E-state index < -0.39 is 10.0 Å². The lowest BCUT2D eigenvalue weighted by Gasteiger charge is -2.42. The van der Waals surface area contributed by atoms with Crippen LogP contribution in [0.25, 0.3) is 0 Å². The zero-order valence-electron chi connectivity index (χ0n) is 21.6. The summed E-state index contributed by atoms with van der Waals surface area (Å²) in [6.45, 7) is 6.76. The molecule has 3 heterocycles. The van der Waals surface area contributed by atoms with Gasteiger partial charge < -0.3 is 24.4 Å². The van der Waals surface area contributed by atoms with Crippen LogP contribution in [0.2, 0.25) is 0 Å². The first-order valence-electron chi connectivity index (χ1n) is 13.0. The summed E-state index contributed by atoms with van der Waals surface area (Å²) < 4.78 is 43.9. The number of amides is 2. The highest BCUT2D eigenvalue weighted by Crippen LogP contribution is 2.32. The van der Waals surface area contributed by atoms with E-state index in [1.54, 1.807) is 31.0 Å². The Morgan fingerprint density at radius 2 is 1.97 bits per heavy atom. The Balaban J connectivity index is 1.30. The van der Waals surface area contributed by atoms with Gasteiger partial charge in [0.1, 0.15) is 18.5 Å². The van der Waals surface area contributed by atoms with Crippen LogP contribution in [-0.2, 0) is 24.3 Å². The van der Waals surface area contributed by atoms with E-state index in [-0.39, 0.29) is 48.8 Å². The maximum absolute atomic E-state index is 13.3. The van der Waals surface area contributed by atoms with Gasteiger partial charge in [-0.3, -0.25) is 19.2 Å². The van der Waals surface area contributed by atoms with Gasteiger partial charge in [0.2, 0.25) is 15.9 Å². The third-order valence-corrected chi connectivity index (χ3v) is 8.46. The van der Waals surface area contributed by atoms with Crippen LogP contribution in [0.1, 0.15) is 43.0 Å². The summed E-state index contributed by atoms with van der Waals surface area (Å²) in [7, 11) is -1.74. The molecule has 2 saturated heterocycles. The van der Waals surface area contributed by atoms with Gasteiger partial charge >= 0.3 is 0 Å². The second kappa shape index (κ2) is 12.4. The van der Waals surface area contributed by atoms with Gasteiger partial charge in [0.25, 0.3) is 5.91 Å². The molecule has 0 aliphatic carbocycles. The minimum Gasteiger partial charge on any atom is -0.490 e. The number of carbonyl (C=O) groups excluding carboxylic acids is 2. The third kappa shape index (κ3) is 7.34. The Bertz CT molecular complexity index is 1060. The summed E-state index contributed by atoms with van der Waals surface area (Å²) in [5.41, 5.74) is 0.620. The van der Waals surface area contributed by atoms with Crippen molar-refractivity contribution in [3.8, 4) is 5.75 Å². The van der Waals surface area contributed by atoms with Crippen LogP contribution in [0, 0.1) is 0 Å². The second-order valence-electron chi connectivity index (χ2n) is 9.75. The summed E-state index contributed by atoms with van der Waals surface area (Å²) in [4.78, 5) is 29.8. The van der Waals surface area contributed by atoms with E-state index in [2.05, 4.69) is 14.9 Å². The van der Waals surface area contributed by atoms with Gasteiger partial charge in [-0.05, 0) is 50.9 Å². The number of nitrogens with one attached hydrogen (secondary N) is 2. The SMILES string of the molecule is CCS(=O)(=O)Nc1ccc2c(c1)C(=O)N(C)[C@H]1CC[C@H](CC(=O)NCCCN3CCOCC3)O[C@@H]1CO2. The average Bonchev–Trinajstić information content (AvgIpc) is 2.89. The molecule has 206 valence electrons. The topological polar surface area (TPSA) is 127 Å². The van der Waals surface area contributed by atoms with E-state index in [1.165, 1.54) is 6.07 Å². The predicted molar refractivity (Wildman–Crippen MR) is 138 cm³/mol. The molecular formula is C25H38N4O7S. The van der Waals surface area contributed by atoms with Gasteiger partial charge in [0.15, 0.2) is 0 Å². The molecular weight excluding hydrogens is 500 g/mol. The number of hydrogen-bond donors (Lipinski definition) is 2. The van der Waals surface area contributed by atoms with Crippen LogP contribution in [0.3, 0.4) is 0 Å². The fourth-order valence-electron chi connectivity index (χ4n) is 4.98. The molecule has 0 unspecified atom stereocenters. The standard InChI is InChI=1S/C25H38N4O7S/c1-3-37(32,33)27-18-5-8-22-20(15-18)25(31)28(2)21-7-6-19(36-23(21)17-35-22)16-24(30)26-9-4-10-29-11-13-34-14-12-29/h5,8,15,19,21,23,27H,3-4,6-7,9-14,16-17H2,1-2H3,(H,26,30)/t19-,21+,23-/m1/s1. The maximum Gasteiger partial charge on any atom is 0.257 e. The van der Waals surface area contributed by atoms with E-state index in [0.29, 0.717) is 36.4 Å². The molecule has 3 atom stereocenters. The molecule has 0 radical (unpaired) electrons. The lowest BCUT2D eigenvalue weighted by atomic mass is 9.94. The minimum absolute atomic E-state index is 0.0333. The molecule has 2 N–H and O–H groups in total. The van der Waals surface area contributed by atoms with Gasteiger partial charge in [0.05, 0.1) is 43.1 Å². The van der Waals surface area contributed by atoms with Crippen molar-refractivity contribution in [2.75, 3.05) is 63.5 Å². The third-order valence-electron chi connectivity index (χ3n) is 7.16. The number of rotatable bonds is 9. The highest BCUT2D eigenvalue weighted by atomic mass is 32.2. The van der Waals surface area contributed by atoms with Crippen LogP contribution in [0.4, 0.5) is 5.69 Å². The monoisotopic (exact) mass is 538 g/mol. The van der Waals surface area contributed by atoms with Crippen LogP contribution in [0.15, 0.2) is 18.2 Å². The Morgan fingerprint density at radius 3 is 2.73 bits per heavy atom. The van der Waals surface area contributed by atoms with Crippen molar-refractivity contribution in [1.82, 2.24) is 15.1 Å². The molecule has 11 nitrogen and oxygen atoms in total. The highest BCUT2D eigenvalue weighted by Gasteiger charge is 2.39. The van der Waals surface area contributed by atoms with E-state index >= 15 is 0 Å². The minimum atomic E-state index is -3.47. The fourth-order valence-corrected chi connectivity index (χ4v) is 5.61. The molecule has 0 saturated carbocycles. The number of fused-ring (bicyclic) bond motifs is 2. The number of hydrogen-bond acceptors (Lipinski definition) is 8. The Kier molecular flexibility index (Phi) is 9.27. The largest absolute Gasteiger partial charge is 0.490 e. The van der Waals surface area contributed by atoms with Crippen molar-refractivity contribution in [1.29, 1.82) is 0 Å². The van der Waals surface area contributed by atoms with Crippen molar-refractivity contribution in [2.45, 2.75) is 50.9 Å². The number of ether oxygens (including phenoxy) is 3.